The fraction of sp³-hybridized carbons (Fsp3) is 0.750. The first-order valence-corrected chi connectivity index (χ1v) is 4.20. The van der Waals surface area contributed by atoms with Crippen LogP contribution in [0, 0.1) is 0 Å². The summed E-state index contributed by atoms with van der Waals surface area (Å²) in [6.07, 6.45) is 0.746. The summed E-state index contributed by atoms with van der Waals surface area (Å²) in [7, 11) is 1.60. The summed E-state index contributed by atoms with van der Waals surface area (Å²) in [5.74, 6) is -1.29. The number of carbonyl (C=O) groups excluding carboxylic acids is 2. The molecule has 1 heterocycles. The summed E-state index contributed by atoms with van der Waals surface area (Å²) in [4.78, 5) is 23.4. The van der Waals surface area contributed by atoms with E-state index < -0.39 is 11.9 Å². The van der Waals surface area contributed by atoms with Gasteiger partial charge in [-0.2, -0.15) is 0 Å². The highest BCUT2D eigenvalue weighted by molar-refractivity contribution is 6.32. The highest BCUT2D eigenvalue weighted by Gasteiger charge is 2.27. The van der Waals surface area contributed by atoms with Gasteiger partial charge in [0.05, 0.1) is 6.54 Å². The van der Waals surface area contributed by atoms with Crippen LogP contribution in [0.2, 0.25) is 0 Å². The Kier molecular flexibility index (Phi) is 3.70. The Morgan fingerprint density at radius 1 is 1.54 bits per heavy atom. The van der Waals surface area contributed by atoms with E-state index in [1.807, 2.05) is 0 Å². The monoisotopic (exact) mass is 187 g/mol. The van der Waals surface area contributed by atoms with Crippen molar-refractivity contribution in [3.8, 4) is 0 Å². The number of amides is 1. The Labute approximate surface area is 76.6 Å². The first-order valence-electron chi connectivity index (χ1n) is 4.20. The maximum absolute atomic E-state index is 11.1. The quantitative estimate of drug-likeness (QED) is 0.335. The van der Waals surface area contributed by atoms with Crippen LogP contribution in [0.4, 0.5) is 0 Å². The SMILES string of the molecule is COCCCN1CCOC(=O)C1=O. The first kappa shape index (κ1) is 9.98. The lowest BCUT2D eigenvalue weighted by molar-refractivity contribution is -0.166. The average molecular weight is 187 g/mol. The smallest absolute Gasteiger partial charge is 0.397 e. The van der Waals surface area contributed by atoms with Gasteiger partial charge >= 0.3 is 11.9 Å². The number of morpholine rings is 1. The van der Waals surface area contributed by atoms with Crippen molar-refractivity contribution in [3.63, 3.8) is 0 Å². The molecular weight excluding hydrogens is 174 g/mol. The molecule has 1 aliphatic heterocycles. The van der Waals surface area contributed by atoms with Crippen LogP contribution in [0.5, 0.6) is 0 Å². The summed E-state index contributed by atoms with van der Waals surface area (Å²) in [6, 6.07) is 0. The Balaban J connectivity index is 2.31. The van der Waals surface area contributed by atoms with Crippen LogP contribution in [-0.4, -0.2) is 50.2 Å². The minimum Gasteiger partial charge on any atom is -0.457 e. The number of hydrogen-bond acceptors (Lipinski definition) is 4. The van der Waals surface area contributed by atoms with E-state index in [0.717, 1.165) is 6.42 Å². The molecule has 74 valence electrons. The fourth-order valence-electron chi connectivity index (χ4n) is 1.15. The van der Waals surface area contributed by atoms with E-state index in [1.54, 1.807) is 7.11 Å². The van der Waals surface area contributed by atoms with Crippen molar-refractivity contribution in [3.05, 3.63) is 0 Å². The largest absolute Gasteiger partial charge is 0.457 e. The lowest BCUT2D eigenvalue weighted by Gasteiger charge is -2.25. The van der Waals surface area contributed by atoms with Crippen molar-refractivity contribution in [2.45, 2.75) is 6.42 Å². The van der Waals surface area contributed by atoms with E-state index in [1.165, 1.54) is 4.90 Å². The Bertz CT molecular complexity index is 204. The molecule has 0 atom stereocenters. The fourth-order valence-corrected chi connectivity index (χ4v) is 1.15. The molecule has 5 nitrogen and oxygen atoms in total. The second kappa shape index (κ2) is 4.81. The van der Waals surface area contributed by atoms with Crippen molar-refractivity contribution >= 4 is 11.9 Å². The van der Waals surface area contributed by atoms with Gasteiger partial charge in [-0.3, -0.25) is 4.79 Å². The average Bonchev–Trinajstić information content (AvgIpc) is 2.13. The predicted octanol–water partition coefficient (Wildman–Crippen LogP) is -0.592. The zero-order valence-corrected chi connectivity index (χ0v) is 7.62. The molecule has 0 aromatic heterocycles. The first-order chi connectivity index (χ1) is 6.25. The normalized spacial score (nSPS) is 17.5. The van der Waals surface area contributed by atoms with Crippen LogP contribution in [0.15, 0.2) is 0 Å². The van der Waals surface area contributed by atoms with E-state index in [-0.39, 0.29) is 0 Å². The predicted molar refractivity (Wildman–Crippen MR) is 44.0 cm³/mol. The summed E-state index contributed by atoms with van der Waals surface area (Å²) >= 11 is 0. The van der Waals surface area contributed by atoms with Gasteiger partial charge in [0.1, 0.15) is 6.61 Å². The van der Waals surface area contributed by atoms with Gasteiger partial charge in [-0.05, 0) is 6.42 Å². The van der Waals surface area contributed by atoms with Gasteiger partial charge in [-0.25, -0.2) is 4.79 Å². The van der Waals surface area contributed by atoms with E-state index in [9.17, 15) is 9.59 Å². The summed E-state index contributed by atoms with van der Waals surface area (Å²) in [5, 5.41) is 0. The van der Waals surface area contributed by atoms with Crippen LogP contribution < -0.4 is 0 Å². The molecule has 1 fully saturated rings. The van der Waals surface area contributed by atoms with Crippen molar-refractivity contribution in [2.24, 2.45) is 0 Å². The Morgan fingerprint density at radius 3 is 3.00 bits per heavy atom. The Morgan fingerprint density at radius 2 is 2.31 bits per heavy atom. The third-order valence-corrected chi connectivity index (χ3v) is 1.83. The molecule has 5 heteroatoms. The van der Waals surface area contributed by atoms with Crippen LogP contribution in [-0.2, 0) is 19.1 Å². The second-order valence-corrected chi connectivity index (χ2v) is 2.77. The number of cyclic esters (lactones) is 1. The van der Waals surface area contributed by atoms with Gasteiger partial charge in [-0.1, -0.05) is 0 Å². The summed E-state index contributed by atoms with van der Waals surface area (Å²) in [5.41, 5.74) is 0. The van der Waals surface area contributed by atoms with Crippen LogP contribution in [0.25, 0.3) is 0 Å². The van der Waals surface area contributed by atoms with E-state index in [0.29, 0.717) is 26.3 Å². The third-order valence-electron chi connectivity index (χ3n) is 1.83. The highest BCUT2D eigenvalue weighted by atomic mass is 16.5. The zero-order chi connectivity index (χ0) is 9.68. The van der Waals surface area contributed by atoms with Gasteiger partial charge in [0.2, 0.25) is 0 Å². The molecule has 0 bridgehead atoms. The number of ether oxygens (including phenoxy) is 2. The molecule has 1 aliphatic rings. The molecule has 0 radical (unpaired) electrons. The molecule has 1 saturated heterocycles. The van der Waals surface area contributed by atoms with Gasteiger partial charge in [0.15, 0.2) is 0 Å². The number of rotatable bonds is 4. The molecule has 1 amide bonds. The lowest BCUT2D eigenvalue weighted by Crippen LogP contribution is -2.45. The molecule has 0 spiro atoms. The third kappa shape index (κ3) is 2.69. The molecule has 13 heavy (non-hydrogen) atoms. The molecule has 0 unspecified atom stereocenters. The number of nitrogens with zero attached hydrogens (tertiary/aromatic N) is 1. The van der Waals surface area contributed by atoms with Crippen LogP contribution >= 0.6 is 0 Å². The van der Waals surface area contributed by atoms with Crippen molar-refractivity contribution in [1.82, 2.24) is 4.90 Å². The van der Waals surface area contributed by atoms with Gasteiger partial charge in [0, 0.05) is 20.3 Å². The highest BCUT2D eigenvalue weighted by Crippen LogP contribution is 2.01. The van der Waals surface area contributed by atoms with Crippen LogP contribution in [0.1, 0.15) is 6.42 Å². The molecule has 0 aromatic rings. The maximum atomic E-state index is 11.1. The molecule has 1 rings (SSSR count). The topological polar surface area (TPSA) is 55.8 Å². The molecule has 0 saturated carbocycles. The van der Waals surface area contributed by atoms with Gasteiger partial charge < -0.3 is 14.4 Å². The van der Waals surface area contributed by atoms with Crippen molar-refractivity contribution in [2.75, 3.05) is 33.4 Å². The molecule has 0 aliphatic carbocycles. The molecule has 0 N–H and O–H groups in total. The minimum atomic E-state index is -0.747. The van der Waals surface area contributed by atoms with Crippen molar-refractivity contribution in [1.29, 1.82) is 0 Å². The van der Waals surface area contributed by atoms with Crippen LogP contribution in [0.3, 0.4) is 0 Å². The van der Waals surface area contributed by atoms with E-state index in [4.69, 9.17) is 4.74 Å². The second-order valence-electron chi connectivity index (χ2n) is 2.77. The number of carbonyl (C=O) groups is 2. The van der Waals surface area contributed by atoms with Crippen molar-refractivity contribution < 1.29 is 19.1 Å². The van der Waals surface area contributed by atoms with E-state index in [2.05, 4.69) is 4.74 Å². The maximum Gasteiger partial charge on any atom is 0.397 e. The molecular formula is C8H13NO4. The minimum absolute atomic E-state index is 0.303. The number of hydrogen-bond donors (Lipinski definition) is 0. The zero-order valence-electron chi connectivity index (χ0n) is 7.62. The molecule has 0 aromatic carbocycles. The van der Waals surface area contributed by atoms with E-state index >= 15 is 0 Å². The number of methoxy groups -OCH3 is 1. The standard InChI is InChI=1S/C8H13NO4/c1-12-5-2-3-9-4-6-13-8(11)7(9)10/h2-6H2,1H3. The number of esters is 1. The lowest BCUT2D eigenvalue weighted by atomic mass is 10.3. The van der Waals surface area contributed by atoms with Gasteiger partial charge in [0.25, 0.3) is 0 Å². The van der Waals surface area contributed by atoms with Gasteiger partial charge in [-0.15, -0.1) is 0 Å². The summed E-state index contributed by atoms with van der Waals surface area (Å²) < 4.78 is 9.41. The summed E-state index contributed by atoms with van der Waals surface area (Å²) in [6.45, 7) is 1.95. The Hall–Kier alpha value is -1.10.